The molecule has 21 heavy (non-hydrogen) atoms. The van der Waals surface area contributed by atoms with Gasteiger partial charge < -0.3 is 10.1 Å². The van der Waals surface area contributed by atoms with Crippen molar-refractivity contribution in [3.8, 4) is 11.8 Å². The van der Waals surface area contributed by atoms with Crippen molar-refractivity contribution in [3.05, 3.63) is 52.4 Å². The molecule has 106 valence electrons. The Bertz CT molecular complexity index is 729. The zero-order chi connectivity index (χ0) is 14.8. The Morgan fingerprint density at radius 1 is 1.38 bits per heavy atom. The van der Waals surface area contributed by atoms with Crippen LogP contribution in [0, 0.1) is 17.1 Å². The van der Waals surface area contributed by atoms with Crippen LogP contribution in [0.5, 0.6) is 5.75 Å². The molecule has 1 aromatic heterocycles. The molecule has 1 aromatic carbocycles. The third-order valence-electron chi connectivity index (χ3n) is 3.29. The lowest BCUT2D eigenvalue weighted by atomic mass is 10.0. The molecule has 0 amide bonds. The van der Waals surface area contributed by atoms with E-state index < -0.39 is 0 Å². The molecule has 1 atom stereocenters. The SMILES string of the molecule is N#Cc1nc(NC2CCOc3ccc(F)cc32)ccc1Cl. The van der Waals surface area contributed by atoms with Crippen molar-refractivity contribution in [2.24, 2.45) is 0 Å². The molecule has 0 bridgehead atoms. The maximum absolute atomic E-state index is 13.4. The summed E-state index contributed by atoms with van der Waals surface area (Å²) in [5.74, 6) is 0.875. The molecule has 1 aliphatic heterocycles. The molecule has 1 aliphatic rings. The van der Waals surface area contributed by atoms with Crippen LogP contribution < -0.4 is 10.1 Å². The fourth-order valence-corrected chi connectivity index (χ4v) is 2.44. The minimum Gasteiger partial charge on any atom is -0.493 e. The number of benzene rings is 1. The molecule has 0 aliphatic carbocycles. The zero-order valence-corrected chi connectivity index (χ0v) is 11.7. The summed E-state index contributed by atoms with van der Waals surface area (Å²) in [7, 11) is 0. The minimum absolute atomic E-state index is 0.121. The molecule has 2 aromatic rings. The van der Waals surface area contributed by atoms with E-state index in [-0.39, 0.29) is 17.6 Å². The molecule has 0 saturated carbocycles. The predicted molar refractivity (Wildman–Crippen MR) is 76.8 cm³/mol. The van der Waals surface area contributed by atoms with Gasteiger partial charge in [0.1, 0.15) is 23.5 Å². The van der Waals surface area contributed by atoms with E-state index in [1.165, 1.54) is 12.1 Å². The first-order chi connectivity index (χ1) is 10.2. The van der Waals surface area contributed by atoms with Gasteiger partial charge >= 0.3 is 0 Å². The van der Waals surface area contributed by atoms with E-state index in [0.717, 1.165) is 5.56 Å². The summed E-state index contributed by atoms with van der Waals surface area (Å²) in [6, 6.07) is 9.56. The molecule has 0 radical (unpaired) electrons. The van der Waals surface area contributed by atoms with Crippen LogP contribution in [0.3, 0.4) is 0 Å². The van der Waals surface area contributed by atoms with Gasteiger partial charge in [-0.15, -0.1) is 0 Å². The van der Waals surface area contributed by atoms with Crippen LogP contribution in [0.25, 0.3) is 0 Å². The number of hydrogen-bond donors (Lipinski definition) is 1. The van der Waals surface area contributed by atoms with Gasteiger partial charge in [-0.3, -0.25) is 0 Å². The Labute approximate surface area is 126 Å². The standard InChI is InChI=1S/C15H11ClFN3O/c16-11-2-4-15(20-13(11)8-18)19-12-5-6-21-14-3-1-9(17)7-10(12)14/h1-4,7,12H,5-6H2,(H,19,20). The second-order valence-electron chi connectivity index (χ2n) is 4.65. The first kappa shape index (κ1) is 13.7. The fraction of sp³-hybridized carbons (Fsp3) is 0.200. The van der Waals surface area contributed by atoms with Crippen molar-refractivity contribution in [2.75, 3.05) is 11.9 Å². The Balaban J connectivity index is 1.90. The number of ether oxygens (including phenoxy) is 1. The fourth-order valence-electron chi connectivity index (χ4n) is 2.29. The van der Waals surface area contributed by atoms with Crippen molar-refractivity contribution in [1.82, 2.24) is 4.98 Å². The summed E-state index contributed by atoms with van der Waals surface area (Å²) in [4.78, 5) is 4.14. The molecule has 0 spiro atoms. The van der Waals surface area contributed by atoms with Crippen LogP contribution in [0.2, 0.25) is 5.02 Å². The maximum Gasteiger partial charge on any atom is 0.161 e. The van der Waals surface area contributed by atoms with Gasteiger partial charge in [-0.05, 0) is 30.3 Å². The van der Waals surface area contributed by atoms with E-state index in [1.807, 2.05) is 6.07 Å². The first-order valence-corrected chi connectivity index (χ1v) is 6.80. The van der Waals surface area contributed by atoms with Crippen molar-refractivity contribution in [3.63, 3.8) is 0 Å². The Kier molecular flexibility index (Phi) is 3.63. The topological polar surface area (TPSA) is 57.9 Å². The highest BCUT2D eigenvalue weighted by Gasteiger charge is 2.22. The third-order valence-corrected chi connectivity index (χ3v) is 3.59. The third kappa shape index (κ3) is 2.76. The highest BCUT2D eigenvalue weighted by Crippen LogP contribution is 2.34. The van der Waals surface area contributed by atoms with Gasteiger partial charge in [-0.2, -0.15) is 5.26 Å². The normalized spacial score (nSPS) is 16.5. The highest BCUT2D eigenvalue weighted by molar-refractivity contribution is 6.31. The Hall–Kier alpha value is -2.32. The lowest BCUT2D eigenvalue weighted by Crippen LogP contribution is -2.21. The van der Waals surface area contributed by atoms with Crippen molar-refractivity contribution in [2.45, 2.75) is 12.5 Å². The maximum atomic E-state index is 13.4. The predicted octanol–water partition coefficient (Wildman–Crippen LogP) is 3.68. The van der Waals surface area contributed by atoms with Gasteiger partial charge in [0.15, 0.2) is 5.69 Å². The lowest BCUT2D eigenvalue weighted by molar-refractivity contribution is 0.273. The number of anilines is 1. The second kappa shape index (κ2) is 5.58. The van der Waals surface area contributed by atoms with Gasteiger partial charge in [0.2, 0.25) is 0 Å². The van der Waals surface area contributed by atoms with Gasteiger partial charge in [-0.1, -0.05) is 11.6 Å². The smallest absolute Gasteiger partial charge is 0.161 e. The van der Waals surface area contributed by atoms with E-state index in [2.05, 4.69) is 10.3 Å². The molecule has 0 fully saturated rings. The summed E-state index contributed by atoms with van der Waals surface area (Å²) in [6.07, 6.45) is 0.683. The average Bonchev–Trinajstić information content (AvgIpc) is 2.50. The molecule has 1 unspecified atom stereocenters. The number of nitriles is 1. The van der Waals surface area contributed by atoms with Crippen molar-refractivity contribution >= 4 is 17.4 Å². The van der Waals surface area contributed by atoms with E-state index in [0.29, 0.717) is 29.6 Å². The lowest BCUT2D eigenvalue weighted by Gasteiger charge is -2.27. The number of fused-ring (bicyclic) bond motifs is 1. The van der Waals surface area contributed by atoms with Crippen LogP contribution in [0.15, 0.2) is 30.3 Å². The van der Waals surface area contributed by atoms with Crippen LogP contribution in [-0.4, -0.2) is 11.6 Å². The van der Waals surface area contributed by atoms with Crippen LogP contribution >= 0.6 is 11.6 Å². The molecule has 2 heterocycles. The van der Waals surface area contributed by atoms with Gasteiger partial charge in [-0.25, -0.2) is 9.37 Å². The van der Waals surface area contributed by atoms with Crippen molar-refractivity contribution in [1.29, 1.82) is 5.26 Å². The quantitative estimate of drug-likeness (QED) is 0.919. The molecule has 1 N–H and O–H groups in total. The van der Waals surface area contributed by atoms with E-state index >= 15 is 0 Å². The Morgan fingerprint density at radius 2 is 2.24 bits per heavy atom. The number of hydrogen-bond acceptors (Lipinski definition) is 4. The van der Waals surface area contributed by atoms with E-state index in [9.17, 15) is 4.39 Å². The number of nitrogens with one attached hydrogen (secondary N) is 1. The average molecular weight is 304 g/mol. The number of nitrogens with zero attached hydrogens (tertiary/aromatic N) is 2. The van der Waals surface area contributed by atoms with Gasteiger partial charge in [0.25, 0.3) is 0 Å². The van der Waals surface area contributed by atoms with Crippen molar-refractivity contribution < 1.29 is 9.13 Å². The molecule has 0 saturated heterocycles. The van der Waals surface area contributed by atoms with Crippen LogP contribution in [-0.2, 0) is 0 Å². The minimum atomic E-state index is -0.312. The monoisotopic (exact) mass is 303 g/mol. The summed E-state index contributed by atoms with van der Waals surface area (Å²) in [5, 5.41) is 12.5. The molecular weight excluding hydrogens is 293 g/mol. The van der Waals surface area contributed by atoms with E-state index in [1.54, 1.807) is 18.2 Å². The van der Waals surface area contributed by atoms with Gasteiger partial charge in [0.05, 0.1) is 17.7 Å². The van der Waals surface area contributed by atoms with E-state index in [4.69, 9.17) is 21.6 Å². The Morgan fingerprint density at radius 3 is 3.05 bits per heavy atom. The number of halogens is 2. The summed E-state index contributed by atoms with van der Waals surface area (Å²) >= 11 is 5.86. The summed E-state index contributed by atoms with van der Waals surface area (Å²) in [5.41, 5.74) is 0.907. The molecule has 6 heteroatoms. The molecule has 4 nitrogen and oxygen atoms in total. The summed E-state index contributed by atoms with van der Waals surface area (Å²) in [6.45, 7) is 0.537. The molecule has 3 rings (SSSR count). The highest BCUT2D eigenvalue weighted by atomic mass is 35.5. The zero-order valence-electron chi connectivity index (χ0n) is 10.9. The van der Waals surface area contributed by atoms with Gasteiger partial charge in [0, 0.05) is 12.0 Å². The summed E-state index contributed by atoms with van der Waals surface area (Å²) < 4.78 is 18.9. The molecular formula is C15H11ClFN3O. The number of aromatic nitrogens is 1. The van der Waals surface area contributed by atoms with Crippen LogP contribution in [0.1, 0.15) is 23.7 Å². The van der Waals surface area contributed by atoms with Crippen LogP contribution in [0.4, 0.5) is 10.2 Å². The first-order valence-electron chi connectivity index (χ1n) is 6.43. The second-order valence-corrected chi connectivity index (χ2v) is 5.06. The number of pyridine rings is 1. The largest absolute Gasteiger partial charge is 0.493 e. The number of rotatable bonds is 2.